The summed E-state index contributed by atoms with van der Waals surface area (Å²) in [4.78, 5) is 20.0. The zero-order valence-electron chi connectivity index (χ0n) is 13.3. The monoisotopic (exact) mass is 296 g/mol. The maximum atomic E-state index is 11.7. The van der Waals surface area contributed by atoms with Crippen LogP contribution in [0.15, 0.2) is 4.99 Å². The fourth-order valence-corrected chi connectivity index (χ4v) is 2.65. The molecule has 0 aliphatic carbocycles. The third-order valence-corrected chi connectivity index (χ3v) is 4.03. The molecule has 1 atom stereocenters. The Morgan fingerprint density at radius 2 is 2.05 bits per heavy atom. The lowest BCUT2D eigenvalue weighted by atomic mass is 10.1. The quantitative estimate of drug-likeness (QED) is 0.612. The van der Waals surface area contributed by atoms with Crippen LogP contribution in [-0.2, 0) is 9.53 Å². The lowest BCUT2D eigenvalue weighted by Crippen LogP contribution is -2.44. The molecule has 2 fully saturated rings. The van der Waals surface area contributed by atoms with Crippen LogP contribution in [0.2, 0.25) is 0 Å². The third kappa shape index (κ3) is 5.19. The van der Waals surface area contributed by atoms with E-state index in [1.165, 1.54) is 25.7 Å². The van der Waals surface area contributed by atoms with Gasteiger partial charge in [0.25, 0.3) is 0 Å². The predicted molar refractivity (Wildman–Crippen MR) is 83.4 cm³/mol. The zero-order valence-corrected chi connectivity index (χ0v) is 13.3. The van der Waals surface area contributed by atoms with Crippen molar-refractivity contribution in [1.82, 2.24) is 15.1 Å². The third-order valence-electron chi connectivity index (χ3n) is 4.03. The van der Waals surface area contributed by atoms with E-state index in [0.29, 0.717) is 0 Å². The molecule has 2 rings (SSSR count). The first-order chi connectivity index (χ1) is 10.2. The minimum atomic E-state index is 0.0300. The number of aliphatic imine (C=N–C) groups is 1. The van der Waals surface area contributed by atoms with Crippen molar-refractivity contribution in [3.05, 3.63) is 0 Å². The van der Waals surface area contributed by atoms with Crippen LogP contribution in [-0.4, -0.2) is 74.7 Å². The highest BCUT2D eigenvalue weighted by Crippen LogP contribution is 2.12. The molecule has 0 aromatic heterocycles. The number of carbonyl (C=O) groups is 1. The lowest BCUT2D eigenvalue weighted by molar-refractivity contribution is -0.127. The van der Waals surface area contributed by atoms with Gasteiger partial charge in [-0.15, -0.1) is 0 Å². The molecule has 0 spiro atoms. The molecule has 21 heavy (non-hydrogen) atoms. The molecule has 2 aliphatic rings. The second-order valence-corrected chi connectivity index (χ2v) is 5.99. The van der Waals surface area contributed by atoms with E-state index in [-0.39, 0.29) is 18.6 Å². The molecular formula is C15H28N4O2. The Morgan fingerprint density at radius 1 is 1.29 bits per heavy atom. The van der Waals surface area contributed by atoms with E-state index in [0.717, 1.165) is 38.6 Å². The first-order valence-electron chi connectivity index (χ1n) is 8.02. The van der Waals surface area contributed by atoms with Crippen molar-refractivity contribution in [2.45, 2.75) is 38.2 Å². The van der Waals surface area contributed by atoms with E-state index in [9.17, 15) is 4.79 Å². The summed E-state index contributed by atoms with van der Waals surface area (Å²) >= 11 is 0. The van der Waals surface area contributed by atoms with Crippen molar-refractivity contribution in [3.8, 4) is 0 Å². The second-order valence-electron chi connectivity index (χ2n) is 5.99. The van der Waals surface area contributed by atoms with Crippen LogP contribution in [0, 0.1) is 0 Å². The number of guanidine groups is 1. The van der Waals surface area contributed by atoms with Gasteiger partial charge in [-0.3, -0.25) is 4.79 Å². The molecule has 1 unspecified atom stereocenters. The molecule has 2 saturated heterocycles. The van der Waals surface area contributed by atoms with E-state index < -0.39 is 0 Å². The van der Waals surface area contributed by atoms with Crippen LogP contribution in [0.1, 0.15) is 32.1 Å². The number of likely N-dealkylation sites (tertiary alicyclic amines) is 1. The molecular weight excluding hydrogens is 268 g/mol. The Morgan fingerprint density at radius 3 is 2.67 bits per heavy atom. The highest BCUT2D eigenvalue weighted by atomic mass is 16.5. The van der Waals surface area contributed by atoms with E-state index in [4.69, 9.17) is 4.74 Å². The summed E-state index contributed by atoms with van der Waals surface area (Å²) in [6, 6.07) is 0. The molecule has 1 amide bonds. The van der Waals surface area contributed by atoms with Crippen molar-refractivity contribution in [3.63, 3.8) is 0 Å². The first kappa shape index (κ1) is 16.1. The molecule has 2 aliphatic heterocycles. The van der Waals surface area contributed by atoms with Gasteiger partial charge < -0.3 is 19.9 Å². The van der Waals surface area contributed by atoms with Gasteiger partial charge in [-0.05, 0) is 32.1 Å². The standard InChI is InChI=1S/C15H28N4O2/c1-18(2)14(20)12-17-15(19-8-4-5-9-19)16-11-13-7-3-6-10-21-13/h13H,3-12H2,1-2H3,(H,16,17). The predicted octanol–water partition coefficient (Wildman–Crippen LogP) is 0.685. The molecule has 6 heteroatoms. The number of nitrogens with one attached hydrogen (secondary N) is 1. The summed E-state index contributed by atoms with van der Waals surface area (Å²) in [7, 11) is 3.52. The van der Waals surface area contributed by atoms with Gasteiger partial charge in [0, 0.05) is 40.3 Å². The van der Waals surface area contributed by atoms with Crippen LogP contribution in [0.3, 0.4) is 0 Å². The van der Waals surface area contributed by atoms with E-state index in [1.54, 1.807) is 19.0 Å². The van der Waals surface area contributed by atoms with E-state index in [1.807, 2.05) is 0 Å². The summed E-state index contributed by atoms with van der Waals surface area (Å²) in [6.07, 6.45) is 6.18. The summed E-state index contributed by atoms with van der Waals surface area (Å²) in [5.41, 5.74) is 0. The summed E-state index contributed by atoms with van der Waals surface area (Å²) in [5.74, 6) is 0.888. The molecule has 0 bridgehead atoms. The molecule has 0 aromatic rings. The van der Waals surface area contributed by atoms with Crippen molar-refractivity contribution in [2.24, 2.45) is 4.99 Å². The zero-order chi connectivity index (χ0) is 15.1. The molecule has 120 valence electrons. The smallest absolute Gasteiger partial charge is 0.243 e. The van der Waals surface area contributed by atoms with Crippen LogP contribution in [0.25, 0.3) is 0 Å². The highest BCUT2D eigenvalue weighted by molar-refractivity contribution is 5.85. The van der Waals surface area contributed by atoms with Gasteiger partial charge in [0.15, 0.2) is 5.96 Å². The van der Waals surface area contributed by atoms with Gasteiger partial charge in [-0.25, -0.2) is 4.99 Å². The second kappa shape index (κ2) is 8.22. The van der Waals surface area contributed by atoms with Crippen molar-refractivity contribution >= 4 is 11.9 Å². The van der Waals surface area contributed by atoms with Gasteiger partial charge >= 0.3 is 0 Å². The van der Waals surface area contributed by atoms with Crippen LogP contribution >= 0.6 is 0 Å². The van der Waals surface area contributed by atoms with Gasteiger partial charge in [-0.2, -0.15) is 0 Å². The number of rotatable bonds is 4. The fourth-order valence-electron chi connectivity index (χ4n) is 2.65. The Kier molecular flexibility index (Phi) is 6.29. The topological polar surface area (TPSA) is 57.2 Å². The summed E-state index contributed by atoms with van der Waals surface area (Å²) in [5, 5.41) is 3.41. The lowest BCUT2D eigenvalue weighted by Gasteiger charge is -2.26. The van der Waals surface area contributed by atoms with E-state index in [2.05, 4.69) is 15.2 Å². The molecule has 1 N–H and O–H groups in total. The number of hydrogen-bond donors (Lipinski definition) is 1. The Balaban J connectivity index is 1.88. The number of ether oxygens (including phenoxy) is 1. The molecule has 0 radical (unpaired) electrons. The fraction of sp³-hybridized carbons (Fsp3) is 0.867. The molecule has 0 aromatic carbocycles. The molecule has 6 nitrogen and oxygen atoms in total. The number of carbonyl (C=O) groups excluding carboxylic acids is 1. The number of amides is 1. The number of nitrogens with zero attached hydrogens (tertiary/aromatic N) is 3. The average Bonchev–Trinajstić information content (AvgIpc) is 3.02. The number of likely N-dealkylation sites (N-methyl/N-ethyl adjacent to an activating group) is 1. The SMILES string of the molecule is CN(C)C(=O)CN=C(NCC1CCCCO1)N1CCCC1. The van der Waals surface area contributed by atoms with Gasteiger partial charge in [0.1, 0.15) is 6.54 Å². The van der Waals surface area contributed by atoms with Crippen LogP contribution in [0.5, 0.6) is 0 Å². The van der Waals surface area contributed by atoms with Crippen molar-refractivity contribution in [2.75, 3.05) is 46.9 Å². The normalized spacial score (nSPS) is 23.2. The van der Waals surface area contributed by atoms with Crippen molar-refractivity contribution < 1.29 is 9.53 Å². The van der Waals surface area contributed by atoms with Gasteiger partial charge in [-0.1, -0.05) is 0 Å². The molecule has 0 saturated carbocycles. The van der Waals surface area contributed by atoms with Gasteiger partial charge in [0.05, 0.1) is 6.10 Å². The van der Waals surface area contributed by atoms with Crippen LogP contribution < -0.4 is 5.32 Å². The largest absolute Gasteiger partial charge is 0.376 e. The minimum absolute atomic E-state index is 0.0300. The van der Waals surface area contributed by atoms with Gasteiger partial charge in [0.2, 0.25) is 5.91 Å². The van der Waals surface area contributed by atoms with Crippen LogP contribution in [0.4, 0.5) is 0 Å². The minimum Gasteiger partial charge on any atom is -0.376 e. The Hall–Kier alpha value is -1.30. The Labute approximate surface area is 127 Å². The summed E-state index contributed by atoms with van der Waals surface area (Å²) < 4.78 is 5.74. The average molecular weight is 296 g/mol. The number of hydrogen-bond acceptors (Lipinski definition) is 3. The maximum Gasteiger partial charge on any atom is 0.243 e. The molecule has 2 heterocycles. The van der Waals surface area contributed by atoms with E-state index >= 15 is 0 Å². The Bertz CT molecular complexity index is 359. The summed E-state index contributed by atoms with van der Waals surface area (Å²) in [6.45, 7) is 3.89. The first-order valence-corrected chi connectivity index (χ1v) is 8.02. The van der Waals surface area contributed by atoms with Crippen molar-refractivity contribution in [1.29, 1.82) is 0 Å². The highest BCUT2D eigenvalue weighted by Gasteiger charge is 2.19. The maximum absolute atomic E-state index is 11.7.